The molecule has 0 aromatic heterocycles. The highest BCUT2D eigenvalue weighted by Gasteiger charge is 2.34. The smallest absolute Gasteiger partial charge is 0.261 e. The average Bonchev–Trinajstić information content (AvgIpc) is 2.65. The maximum atomic E-state index is 12.1. The minimum absolute atomic E-state index is 0.156. The van der Waals surface area contributed by atoms with E-state index in [1.54, 1.807) is 24.3 Å². The Morgan fingerprint density at radius 2 is 1.74 bits per heavy atom. The number of nitrogens with zero attached hydrogens (tertiary/aromatic N) is 1. The Bertz CT molecular complexity index is 450. The van der Waals surface area contributed by atoms with E-state index in [2.05, 4.69) is 19.2 Å². The molecule has 0 fully saturated rings. The number of imide groups is 1. The Hall–Kier alpha value is -1.68. The summed E-state index contributed by atoms with van der Waals surface area (Å²) in [5.74, 6) is -0.312. The summed E-state index contributed by atoms with van der Waals surface area (Å²) in [6.07, 6.45) is 1.79. The third-order valence-electron chi connectivity index (χ3n) is 3.45. The van der Waals surface area contributed by atoms with Crippen LogP contribution < -0.4 is 5.32 Å². The Labute approximate surface area is 113 Å². The molecule has 0 aliphatic carbocycles. The van der Waals surface area contributed by atoms with Gasteiger partial charge in [0.25, 0.3) is 11.8 Å². The molecule has 1 heterocycles. The zero-order valence-electron chi connectivity index (χ0n) is 11.5. The van der Waals surface area contributed by atoms with Crippen LogP contribution in [0, 0.1) is 0 Å². The first-order chi connectivity index (χ1) is 9.15. The van der Waals surface area contributed by atoms with Crippen molar-refractivity contribution in [3.8, 4) is 0 Å². The van der Waals surface area contributed by atoms with Gasteiger partial charge in [-0.15, -0.1) is 0 Å². The second-order valence-corrected chi connectivity index (χ2v) is 4.91. The number of fused-ring (bicyclic) bond motifs is 1. The lowest BCUT2D eigenvalue weighted by molar-refractivity contribution is 0.0650. The van der Waals surface area contributed by atoms with E-state index in [1.807, 2.05) is 0 Å². The van der Waals surface area contributed by atoms with Gasteiger partial charge in [0.15, 0.2) is 0 Å². The molecule has 0 saturated heterocycles. The van der Waals surface area contributed by atoms with Crippen molar-refractivity contribution < 1.29 is 9.59 Å². The largest absolute Gasteiger partial charge is 0.315 e. The van der Waals surface area contributed by atoms with Crippen LogP contribution in [0.5, 0.6) is 0 Å². The van der Waals surface area contributed by atoms with Crippen LogP contribution in [0.25, 0.3) is 0 Å². The topological polar surface area (TPSA) is 49.4 Å². The molecule has 0 bridgehead atoms. The summed E-state index contributed by atoms with van der Waals surface area (Å²) in [6, 6.07) is 7.44. The fourth-order valence-corrected chi connectivity index (χ4v) is 2.45. The first kappa shape index (κ1) is 13.7. The number of nitrogens with one attached hydrogen (secondary N) is 1. The van der Waals surface area contributed by atoms with E-state index in [9.17, 15) is 9.59 Å². The summed E-state index contributed by atoms with van der Waals surface area (Å²) in [4.78, 5) is 25.6. The van der Waals surface area contributed by atoms with Gasteiger partial charge in [0.2, 0.25) is 0 Å². The van der Waals surface area contributed by atoms with Crippen molar-refractivity contribution in [1.29, 1.82) is 0 Å². The van der Waals surface area contributed by atoms with E-state index in [4.69, 9.17) is 0 Å². The van der Waals surface area contributed by atoms with Gasteiger partial charge in [0.1, 0.15) is 0 Å². The summed E-state index contributed by atoms with van der Waals surface area (Å²) in [5, 5.41) is 3.32. The van der Waals surface area contributed by atoms with Crippen molar-refractivity contribution in [2.24, 2.45) is 0 Å². The van der Waals surface area contributed by atoms with Crippen molar-refractivity contribution in [3.05, 3.63) is 35.4 Å². The molecule has 1 aromatic rings. The molecule has 1 unspecified atom stereocenters. The van der Waals surface area contributed by atoms with Crippen molar-refractivity contribution >= 4 is 11.8 Å². The Balaban J connectivity index is 1.93. The standard InChI is InChI=1S/C15H20N2O2/c1-3-16-11(2)7-6-10-17-14(18)12-8-4-5-9-13(12)15(17)19/h4-5,8-9,11,16H,3,6-7,10H2,1-2H3. The third kappa shape index (κ3) is 2.84. The maximum absolute atomic E-state index is 12.1. The van der Waals surface area contributed by atoms with Crippen molar-refractivity contribution in [2.75, 3.05) is 13.1 Å². The summed E-state index contributed by atoms with van der Waals surface area (Å²) < 4.78 is 0. The molecule has 4 nitrogen and oxygen atoms in total. The van der Waals surface area contributed by atoms with E-state index >= 15 is 0 Å². The van der Waals surface area contributed by atoms with Gasteiger partial charge in [-0.1, -0.05) is 19.1 Å². The summed E-state index contributed by atoms with van der Waals surface area (Å²) in [5.41, 5.74) is 1.07. The van der Waals surface area contributed by atoms with Crippen LogP contribution >= 0.6 is 0 Å². The minimum atomic E-state index is -0.156. The number of hydrogen-bond donors (Lipinski definition) is 1. The minimum Gasteiger partial charge on any atom is -0.315 e. The quantitative estimate of drug-likeness (QED) is 0.796. The van der Waals surface area contributed by atoms with E-state index in [1.165, 1.54) is 4.90 Å². The zero-order valence-corrected chi connectivity index (χ0v) is 11.5. The molecule has 2 amide bonds. The first-order valence-corrected chi connectivity index (χ1v) is 6.83. The molecule has 1 aromatic carbocycles. The molecule has 0 spiro atoms. The number of carbonyl (C=O) groups excluding carboxylic acids is 2. The van der Waals surface area contributed by atoms with Crippen molar-refractivity contribution in [1.82, 2.24) is 10.2 Å². The van der Waals surface area contributed by atoms with Crippen molar-refractivity contribution in [2.45, 2.75) is 32.7 Å². The normalized spacial score (nSPS) is 15.8. The van der Waals surface area contributed by atoms with Crippen LogP contribution in [-0.4, -0.2) is 35.8 Å². The summed E-state index contributed by atoms with van der Waals surface area (Å²) in [7, 11) is 0. The predicted octanol–water partition coefficient (Wildman–Crippen LogP) is 2.06. The zero-order chi connectivity index (χ0) is 13.8. The second-order valence-electron chi connectivity index (χ2n) is 4.91. The fraction of sp³-hybridized carbons (Fsp3) is 0.467. The van der Waals surface area contributed by atoms with Crippen LogP contribution in [0.15, 0.2) is 24.3 Å². The van der Waals surface area contributed by atoms with Crippen LogP contribution in [-0.2, 0) is 0 Å². The number of amides is 2. The lowest BCUT2D eigenvalue weighted by Gasteiger charge is -2.16. The number of hydrogen-bond acceptors (Lipinski definition) is 3. The molecule has 0 radical (unpaired) electrons. The highest BCUT2D eigenvalue weighted by molar-refractivity contribution is 6.21. The molecular formula is C15H20N2O2. The number of carbonyl (C=O) groups is 2. The molecule has 1 N–H and O–H groups in total. The molecule has 102 valence electrons. The number of benzene rings is 1. The van der Waals surface area contributed by atoms with E-state index in [0.717, 1.165) is 19.4 Å². The Morgan fingerprint density at radius 3 is 2.26 bits per heavy atom. The lowest BCUT2D eigenvalue weighted by atomic mass is 10.1. The Morgan fingerprint density at radius 1 is 1.16 bits per heavy atom. The molecule has 0 saturated carbocycles. The van der Waals surface area contributed by atoms with Crippen LogP contribution in [0.1, 0.15) is 47.4 Å². The summed E-state index contributed by atoms with van der Waals surface area (Å²) in [6.45, 7) is 5.63. The van der Waals surface area contributed by atoms with Gasteiger partial charge in [-0.25, -0.2) is 0 Å². The van der Waals surface area contributed by atoms with Gasteiger partial charge in [-0.05, 0) is 38.4 Å². The van der Waals surface area contributed by atoms with E-state index in [0.29, 0.717) is 23.7 Å². The molecule has 1 atom stereocenters. The van der Waals surface area contributed by atoms with E-state index in [-0.39, 0.29) is 11.8 Å². The highest BCUT2D eigenvalue weighted by Crippen LogP contribution is 2.22. The van der Waals surface area contributed by atoms with Gasteiger partial charge < -0.3 is 5.32 Å². The molecule has 4 heteroatoms. The summed E-state index contributed by atoms with van der Waals surface area (Å²) >= 11 is 0. The third-order valence-corrected chi connectivity index (χ3v) is 3.45. The van der Waals surface area contributed by atoms with Gasteiger partial charge in [-0.3, -0.25) is 14.5 Å². The van der Waals surface area contributed by atoms with Crippen LogP contribution in [0.2, 0.25) is 0 Å². The van der Waals surface area contributed by atoms with Gasteiger partial charge >= 0.3 is 0 Å². The van der Waals surface area contributed by atoms with Crippen LogP contribution in [0.3, 0.4) is 0 Å². The maximum Gasteiger partial charge on any atom is 0.261 e. The van der Waals surface area contributed by atoms with Crippen molar-refractivity contribution in [3.63, 3.8) is 0 Å². The molecule has 1 aliphatic heterocycles. The monoisotopic (exact) mass is 260 g/mol. The number of rotatable bonds is 6. The first-order valence-electron chi connectivity index (χ1n) is 6.83. The van der Waals surface area contributed by atoms with Gasteiger partial charge in [0, 0.05) is 12.6 Å². The molecule has 2 rings (SSSR count). The van der Waals surface area contributed by atoms with Gasteiger partial charge in [0.05, 0.1) is 11.1 Å². The average molecular weight is 260 g/mol. The predicted molar refractivity (Wildman–Crippen MR) is 74.2 cm³/mol. The lowest BCUT2D eigenvalue weighted by Crippen LogP contribution is -2.32. The molecule has 1 aliphatic rings. The molecular weight excluding hydrogens is 240 g/mol. The second kappa shape index (κ2) is 5.97. The highest BCUT2D eigenvalue weighted by atomic mass is 16.2. The van der Waals surface area contributed by atoms with Crippen LogP contribution in [0.4, 0.5) is 0 Å². The molecule has 19 heavy (non-hydrogen) atoms. The van der Waals surface area contributed by atoms with Gasteiger partial charge in [-0.2, -0.15) is 0 Å². The van der Waals surface area contributed by atoms with E-state index < -0.39 is 0 Å². The Kier molecular flexibility index (Phi) is 4.32. The SMILES string of the molecule is CCNC(C)CCCN1C(=O)c2ccccc2C1=O. The fourth-order valence-electron chi connectivity index (χ4n) is 2.45.